The van der Waals surface area contributed by atoms with Crippen LogP contribution >= 0.6 is 11.6 Å². The fraction of sp³-hybridized carbons (Fsp3) is 0. The van der Waals surface area contributed by atoms with Gasteiger partial charge in [-0.05, 0) is 60.0 Å². The molecule has 0 atom stereocenters. The van der Waals surface area contributed by atoms with Gasteiger partial charge in [0.15, 0.2) is 0 Å². The van der Waals surface area contributed by atoms with E-state index in [1.54, 1.807) is 24.3 Å². The number of nitrogens with one attached hydrogen (secondary N) is 2. The molecule has 1 amide bonds. The Morgan fingerprint density at radius 3 is 2.17 bits per heavy atom. The van der Waals surface area contributed by atoms with Crippen molar-refractivity contribution in [3.05, 3.63) is 102 Å². The van der Waals surface area contributed by atoms with E-state index in [-0.39, 0.29) is 10.8 Å². The Bertz CT molecular complexity index is 1310. The van der Waals surface area contributed by atoms with E-state index in [2.05, 4.69) is 10.0 Å². The Balaban J connectivity index is 1.50. The number of anilines is 2. The third kappa shape index (κ3) is 4.30. The number of carbonyl (C=O) groups is 1. The molecule has 0 fully saturated rings. The van der Waals surface area contributed by atoms with Crippen LogP contribution in [0.25, 0.3) is 10.8 Å². The van der Waals surface area contributed by atoms with Gasteiger partial charge in [0.2, 0.25) is 0 Å². The molecule has 2 N–H and O–H groups in total. The van der Waals surface area contributed by atoms with Gasteiger partial charge in [-0.25, -0.2) is 8.42 Å². The number of fused-ring (bicyclic) bond motifs is 1. The molecular weight excluding hydrogens is 420 g/mol. The molecule has 0 spiro atoms. The van der Waals surface area contributed by atoms with Crippen LogP contribution in [0.3, 0.4) is 0 Å². The van der Waals surface area contributed by atoms with Gasteiger partial charge in [-0.15, -0.1) is 0 Å². The highest BCUT2D eigenvalue weighted by Crippen LogP contribution is 2.24. The Morgan fingerprint density at radius 2 is 1.43 bits per heavy atom. The van der Waals surface area contributed by atoms with Crippen LogP contribution in [-0.4, -0.2) is 14.3 Å². The number of sulfonamides is 1. The summed E-state index contributed by atoms with van der Waals surface area (Å²) < 4.78 is 27.4. The summed E-state index contributed by atoms with van der Waals surface area (Å²) in [6.45, 7) is 0. The first-order chi connectivity index (χ1) is 14.4. The molecule has 0 bridgehead atoms. The zero-order valence-electron chi connectivity index (χ0n) is 15.7. The van der Waals surface area contributed by atoms with E-state index in [1.165, 1.54) is 24.3 Å². The molecule has 150 valence electrons. The maximum absolute atomic E-state index is 12.6. The predicted octanol–water partition coefficient (Wildman–Crippen LogP) is 5.55. The van der Waals surface area contributed by atoms with Gasteiger partial charge in [0.05, 0.1) is 4.90 Å². The number of amides is 1. The van der Waals surface area contributed by atoms with Crippen molar-refractivity contribution in [2.24, 2.45) is 0 Å². The Morgan fingerprint density at radius 1 is 0.767 bits per heavy atom. The monoisotopic (exact) mass is 436 g/mol. The summed E-state index contributed by atoms with van der Waals surface area (Å²) in [4.78, 5) is 12.7. The lowest BCUT2D eigenvalue weighted by molar-refractivity contribution is 0.102. The molecule has 5 nitrogen and oxygen atoms in total. The number of hydrogen-bond acceptors (Lipinski definition) is 3. The molecule has 4 aromatic rings. The molecular formula is C23H17ClN2O3S. The molecule has 0 saturated heterocycles. The van der Waals surface area contributed by atoms with Crippen LogP contribution in [0.2, 0.25) is 5.02 Å². The molecule has 0 aromatic heterocycles. The molecule has 0 heterocycles. The highest BCUT2D eigenvalue weighted by Gasteiger charge is 2.15. The molecule has 4 rings (SSSR count). The van der Waals surface area contributed by atoms with Gasteiger partial charge in [0.25, 0.3) is 15.9 Å². The number of hydrogen-bond donors (Lipinski definition) is 2. The van der Waals surface area contributed by atoms with E-state index < -0.39 is 10.0 Å². The van der Waals surface area contributed by atoms with Crippen LogP contribution < -0.4 is 10.0 Å². The van der Waals surface area contributed by atoms with Gasteiger partial charge in [0.1, 0.15) is 0 Å². The second kappa shape index (κ2) is 8.18. The number of rotatable bonds is 5. The lowest BCUT2D eigenvalue weighted by Gasteiger charge is -2.10. The Kier molecular flexibility index (Phi) is 5.44. The highest BCUT2D eigenvalue weighted by atomic mass is 35.5. The molecule has 0 aliphatic heterocycles. The van der Waals surface area contributed by atoms with E-state index >= 15 is 0 Å². The number of benzene rings is 4. The standard InChI is InChI=1S/C23H17ClN2O3S/c24-18-10-14-20(15-11-18)30(28,29)26-19-12-8-17(9-13-19)23(27)25-22-7-3-5-16-4-1-2-6-21(16)22/h1-15,26H,(H,25,27). The molecule has 7 heteroatoms. The normalized spacial score (nSPS) is 11.2. The van der Waals surface area contributed by atoms with Crippen molar-refractivity contribution < 1.29 is 13.2 Å². The minimum Gasteiger partial charge on any atom is -0.321 e. The van der Waals surface area contributed by atoms with Crippen molar-refractivity contribution in [2.45, 2.75) is 4.90 Å². The van der Waals surface area contributed by atoms with Gasteiger partial charge < -0.3 is 5.32 Å². The first kappa shape index (κ1) is 19.9. The van der Waals surface area contributed by atoms with E-state index in [1.807, 2.05) is 42.5 Å². The third-order valence-corrected chi connectivity index (χ3v) is 6.21. The lowest BCUT2D eigenvalue weighted by Crippen LogP contribution is -2.14. The van der Waals surface area contributed by atoms with Crippen molar-refractivity contribution in [1.82, 2.24) is 0 Å². The second-order valence-electron chi connectivity index (χ2n) is 6.62. The summed E-state index contributed by atoms with van der Waals surface area (Å²) in [5.41, 5.74) is 1.48. The van der Waals surface area contributed by atoms with Gasteiger partial charge in [-0.2, -0.15) is 0 Å². The van der Waals surface area contributed by atoms with Crippen LogP contribution in [0.15, 0.2) is 95.9 Å². The number of halogens is 1. The fourth-order valence-corrected chi connectivity index (χ4v) is 4.23. The first-order valence-corrected chi connectivity index (χ1v) is 11.0. The first-order valence-electron chi connectivity index (χ1n) is 9.10. The van der Waals surface area contributed by atoms with Gasteiger partial charge in [-0.3, -0.25) is 9.52 Å². The highest BCUT2D eigenvalue weighted by molar-refractivity contribution is 7.92. The van der Waals surface area contributed by atoms with Crippen LogP contribution in [0.1, 0.15) is 10.4 Å². The largest absolute Gasteiger partial charge is 0.321 e. The fourth-order valence-electron chi connectivity index (χ4n) is 3.05. The smallest absolute Gasteiger partial charge is 0.261 e. The Hall–Kier alpha value is -3.35. The van der Waals surface area contributed by atoms with Gasteiger partial charge >= 0.3 is 0 Å². The maximum Gasteiger partial charge on any atom is 0.261 e. The summed E-state index contributed by atoms with van der Waals surface area (Å²) in [5.74, 6) is -0.279. The predicted molar refractivity (Wildman–Crippen MR) is 121 cm³/mol. The molecule has 30 heavy (non-hydrogen) atoms. The van der Waals surface area contributed by atoms with Gasteiger partial charge in [-0.1, -0.05) is 48.0 Å². The summed E-state index contributed by atoms with van der Waals surface area (Å²) >= 11 is 5.81. The minimum absolute atomic E-state index is 0.102. The molecule has 0 unspecified atom stereocenters. The molecule has 0 saturated carbocycles. The van der Waals surface area contributed by atoms with Crippen molar-refractivity contribution in [3.8, 4) is 0 Å². The zero-order valence-corrected chi connectivity index (χ0v) is 17.2. The van der Waals surface area contributed by atoms with Crippen LogP contribution in [-0.2, 0) is 10.0 Å². The van der Waals surface area contributed by atoms with E-state index in [0.29, 0.717) is 22.0 Å². The average Bonchev–Trinajstić information content (AvgIpc) is 2.74. The second-order valence-corrected chi connectivity index (χ2v) is 8.74. The van der Waals surface area contributed by atoms with E-state index in [0.717, 1.165) is 10.8 Å². The van der Waals surface area contributed by atoms with Crippen molar-refractivity contribution >= 4 is 49.7 Å². The Labute approximate surface area is 179 Å². The minimum atomic E-state index is -3.75. The van der Waals surface area contributed by atoms with E-state index in [4.69, 9.17) is 11.6 Å². The molecule has 0 aliphatic carbocycles. The van der Waals surface area contributed by atoms with Crippen LogP contribution in [0.4, 0.5) is 11.4 Å². The summed E-state index contributed by atoms with van der Waals surface area (Å²) in [6, 6.07) is 25.6. The van der Waals surface area contributed by atoms with Crippen LogP contribution in [0.5, 0.6) is 0 Å². The van der Waals surface area contributed by atoms with Gasteiger partial charge in [0, 0.05) is 27.3 Å². The number of carbonyl (C=O) groups excluding carboxylic acids is 1. The summed E-state index contributed by atoms with van der Waals surface area (Å²) in [7, 11) is -3.75. The summed E-state index contributed by atoms with van der Waals surface area (Å²) in [6.07, 6.45) is 0. The molecule has 0 aliphatic rings. The lowest BCUT2D eigenvalue weighted by atomic mass is 10.1. The topological polar surface area (TPSA) is 75.3 Å². The zero-order chi connectivity index (χ0) is 21.1. The van der Waals surface area contributed by atoms with Crippen molar-refractivity contribution in [3.63, 3.8) is 0 Å². The van der Waals surface area contributed by atoms with E-state index in [9.17, 15) is 13.2 Å². The van der Waals surface area contributed by atoms with Crippen molar-refractivity contribution in [1.29, 1.82) is 0 Å². The molecule has 0 radical (unpaired) electrons. The average molecular weight is 437 g/mol. The van der Waals surface area contributed by atoms with Crippen LogP contribution in [0, 0.1) is 0 Å². The van der Waals surface area contributed by atoms with Crippen molar-refractivity contribution in [2.75, 3.05) is 10.0 Å². The molecule has 4 aromatic carbocycles. The quantitative estimate of drug-likeness (QED) is 0.431. The maximum atomic E-state index is 12.6. The summed E-state index contributed by atoms with van der Waals surface area (Å²) in [5, 5.41) is 5.34. The SMILES string of the molecule is O=C(Nc1cccc2ccccc12)c1ccc(NS(=O)(=O)c2ccc(Cl)cc2)cc1. The third-order valence-electron chi connectivity index (χ3n) is 4.56.